The molecular weight excluding hydrogens is 200 g/mol. The molecule has 80 valence electrons. The summed E-state index contributed by atoms with van der Waals surface area (Å²) >= 11 is 0. The second-order valence-electron chi connectivity index (χ2n) is 4.11. The summed E-state index contributed by atoms with van der Waals surface area (Å²) in [6.07, 6.45) is 6.99. The maximum Gasteiger partial charge on any atom is 0.246 e. The lowest BCUT2D eigenvalue weighted by atomic mass is 9.95. The molecule has 0 atom stereocenters. The molecule has 0 spiro atoms. The Kier molecular flexibility index (Phi) is 1.86. The monoisotopic (exact) mass is 212 g/mol. The fourth-order valence-electron chi connectivity index (χ4n) is 2.32. The Morgan fingerprint density at radius 3 is 3.06 bits per heavy atom. The molecule has 0 aromatic heterocycles. The molecule has 2 N–H and O–H groups in total. The highest BCUT2D eigenvalue weighted by atomic mass is 16.1. The SMILES string of the molecule is NC(=O)C1=Cc2cccc3c2N(C=CC3)C1. The topological polar surface area (TPSA) is 46.3 Å². The van der Waals surface area contributed by atoms with Gasteiger partial charge < -0.3 is 10.6 Å². The average Bonchev–Trinajstić information content (AvgIpc) is 2.29. The summed E-state index contributed by atoms with van der Waals surface area (Å²) in [5, 5.41) is 0. The number of hydrogen-bond acceptors (Lipinski definition) is 2. The van der Waals surface area contributed by atoms with Crippen molar-refractivity contribution in [1.29, 1.82) is 0 Å². The summed E-state index contributed by atoms with van der Waals surface area (Å²) in [6.45, 7) is 0.579. The van der Waals surface area contributed by atoms with Crippen molar-refractivity contribution in [3.05, 3.63) is 47.2 Å². The number of carbonyl (C=O) groups is 1. The molecule has 1 amide bonds. The number of nitrogens with two attached hydrogens (primary N) is 1. The molecule has 2 aliphatic heterocycles. The molecule has 3 rings (SSSR count). The van der Waals surface area contributed by atoms with Gasteiger partial charge in [-0.25, -0.2) is 0 Å². The van der Waals surface area contributed by atoms with E-state index in [4.69, 9.17) is 5.73 Å². The van der Waals surface area contributed by atoms with Gasteiger partial charge in [0.2, 0.25) is 5.91 Å². The van der Waals surface area contributed by atoms with Gasteiger partial charge in [0.15, 0.2) is 0 Å². The van der Waals surface area contributed by atoms with Crippen LogP contribution in [0.15, 0.2) is 36.0 Å². The Hall–Kier alpha value is -2.03. The molecule has 3 heteroatoms. The zero-order valence-electron chi connectivity index (χ0n) is 8.81. The largest absolute Gasteiger partial charge is 0.366 e. The summed E-state index contributed by atoms with van der Waals surface area (Å²) in [7, 11) is 0. The maximum atomic E-state index is 11.2. The number of para-hydroxylation sites is 1. The predicted octanol–water partition coefficient (Wildman–Crippen LogP) is 1.45. The number of allylic oxidation sites excluding steroid dienone is 1. The van der Waals surface area contributed by atoms with Gasteiger partial charge in [0.25, 0.3) is 0 Å². The predicted molar refractivity (Wildman–Crippen MR) is 63.8 cm³/mol. The number of hydrogen-bond donors (Lipinski definition) is 1. The minimum atomic E-state index is -0.338. The molecular formula is C13H12N2O. The van der Waals surface area contributed by atoms with E-state index in [0.29, 0.717) is 12.1 Å². The highest BCUT2D eigenvalue weighted by Crippen LogP contribution is 2.34. The lowest BCUT2D eigenvalue weighted by molar-refractivity contribution is -0.114. The quantitative estimate of drug-likeness (QED) is 0.765. The third kappa shape index (κ3) is 1.25. The highest BCUT2D eigenvalue weighted by molar-refractivity contribution is 6.00. The number of rotatable bonds is 1. The van der Waals surface area contributed by atoms with E-state index in [1.807, 2.05) is 24.4 Å². The second kappa shape index (κ2) is 3.23. The normalized spacial score (nSPS) is 16.8. The molecule has 0 fully saturated rings. The number of benzene rings is 1. The van der Waals surface area contributed by atoms with Crippen LogP contribution >= 0.6 is 0 Å². The van der Waals surface area contributed by atoms with Crippen LogP contribution in [0, 0.1) is 0 Å². The Bertz CT molecular complexity index is 529. The molecule has 1 aromatic carbocycles. The van der Waals surface area contributed by atoms with Crippen LogP contribution in [0.5, 0.6) is 0 Å². The Morgan fingerprint density at radius 1 is 1.38 bits per heavy atom. The van der Waals surface area contributed by atoms with Crippen LogP contribution in [0.4, 0.5) is 5.69 Å². The van der Waals surface area contributed by atoms with Gasteiger partial charge in [-0.05, 0) is 23.6 Å². The number of amides is 1. The molecule has 3 nitrogen and oxygen atoms in total. The molecule has 0 radical (unpaired) electrons. The van der Waals surface area contributed by atoms with Crippen molar-refractivity contribution < 1.29 is 4.79 Å². The van der Waals surface area contributed by atoms with Crippen LogP contribution < -0.4 is 10.6 Å². The number of nitrogens with zero attached hydrogens (tertiary/aromatic N) is 1. The van der Waals surface area contributed by atoms with Crippen molar-refractivity contribution >= 4 is 17.7 Å². The van der Waals surface area contributed by atoms with Crippen LogP contribution in [0.1, 0.15) is 11.1 Å². The molecule has 0 aliphatic carbocycles. The van der Waals surface area contributed by atoms with E-state index in [0.717, 1.165) is 12.0 Å². The van der Waals surface area contributed by atoms with Crippen molar-refractivity contribution in [3.8, 4) is 0 Å². The van der Waals surface area contributed by atoms with Crippen molar-refractivity contribution in [2.45, 2.75) is 6.42 Å². The molecule has 2 heterocycles. The Morgan fingerprint density at radius 2 is 2.25 bits per heavy atom. The molecule has 0 bridgehead atoms. The molecule has 0 saturated carbocycles. The van der Waals surface area contributed by atoms with Crippen LogP contribution in [-0.4, -0.2) is 12.5 Å². The lowest BCUT2D eigenvalue weighted by Crippen LogP contribution is -2.31. The first-order chi connectivity index (χ1) is 7.75. The summed E-state index contributed by atoms with van der Waals surface area (Å²) in [6, 6.07) is 6.16. The molecule has 16 heavy (non-hydrogen) atoms. The molecule has 0 unspecified atom stereocenters. The minimum Gasteiger partial charge on any atom is -0.366 e. The van der Waals surface area contributed by atoms with E-state index < -0.39 is 0 Å². The maximum absolute atomic E-state index is 11.2. The fourth-order valence-corrected chi connectivity index (χ4v) is 2.32. The Balaban J connectivity index is 2.20. The van der Waals surface area contributed by atoms with Crippen LogP contribution in [-0.2, 0) is 11.2 Å². The van der Waals surface area contributed by atoms with Crippen LogP contribution in [0.2, 0.25) is 0 Å². The summed E-state index contributed by atoms with van der Waals surface area (Å²) < 4.78 is 0. The number of primary amides is 1. The first kappa shape index (κ1) is 9.21. The van der Waals surface area contributed by atoms with E-state index in [2.05, 4.69) is 17.0 Å². The fraction of sp³-hybridized carbons (Fsp3) is 0.154. The van der Waals surface area contributed by atoms with E-state index in [-0.39, 0.29) is 5.91 Å². The Labute approximate surface area is 93.9 Å². The summed E-state index contributed by atoms with van der Waals surface area (Å²) in [5.41, 5.74) is 9.61. The second-order valence-corrected chi connectivity index (χ2v) is 4.11. The van der Waals surface area contributed by atoms with E-state index in [1.54, 1.807) is 0 Å². The van der Waals surface area contributed by atoms with Gasteiger partial charge in [-0.15, -0.1) is 0 Å². The van der Waals surface area contributed by atoms with Crippen molar-refractivity contribution in [1.82, 2.24) is 0 Å². The molecule has 2 aliphatic rings. The molecule has 1 aromatic rings. The van der Waals surface area contributed by atoms with Gasteiger partial charge >= 0.3 is 0 Å². The van der Waals surface area contributed by atoms with Gasteiger partial charge in [-0.2, -0.15) is 0 Å². The number of anilines is 1. The summed E-state index contributed by atoms with van der Waals surface area (Å²) in [5.74, 6) is -0.338. The van der Waals surface area contributed by atoms with Gasteiger partial charge in [-0.1, -0.05) is 24.3 Å². The first-order valence-electron chi connectivity index (χ1n) is 5.31. The zero-order valence-corrected chi connectivity index (χ0v) is 8.81. The van der Waals surface area contributed by atoms with Crippen molar-refractivity contribution in [2.75, 3.05) is 11.4 Å². The third-order valence-electron chi connectivity index (χ3n) is 3.05. The van der Waals surface area contributed by atoms with Crippen LogP contribution in [0.25, 0.3) is 6.08 Å². The van der Waals surface area contributed by atoms with E-state index in [1.165, 1.54) is 11.3 Å². The summed E-state index contributed by atoms with van der Waals surface area (Å²) in [4.78, 5) is 13.3. The van der Waals surface area contributed by atoms with Gasteiger partial charge in [-0.3, -0.25) is 4.79 Å². The number of carbonyl (C=O) groups excluding carboxylic acids is 1. The van der Waals surface area contributed by atoms with Gasteiger partial charge in [0, 0.05) is 11.8 Å². The van der Waals surface area contributed by atoms with Gasteiger partial charge in [0.1, 0.15) is 0 Å². The van der Waals surface area contributed by atoms with Crippen LogP contribution in [0.3, 0.4) is 0 Å². The minimum absolute atomic E-state index is 0.338. The van der Waals surface area contributed by atoms with E-state index >= 15 is 0 Å². The first-order valence-corrected chi connectivity index (χ1v) is 5.31. The zero-order chi connectivity index (χ0) is 11.1. The molecule has 0 saturated heterocycles. The van der Waals surface area contributed by atoms with E-state index in [9.17, 15) is 4.79 Å². The highest BCUT2D eigenvalue weighted by Gasteiger charge is 2.22. The average molecular weight is 212 g/mol. The smallest absolute Gasteiger partial charge is 0.246 e. The standard InChI is InChI=1S/C13H12N2O/c14-13(16)11-7-10-4-1-3-9-5-2-6-15(8-11)12(9)10/h1-4,6-7H,5,8H2,(H2,14,16). The van der Waals surface area contributed by atoms with Crippen molar-refractivity contribution in [3.63, 3.8) is 0 Å². The van der Waals surface area contributed by atoms with Crippen molar-refractivity contribution in [2.24, 2.45) is 5.73 Å². The van der Waals surface area contributed by atoms with Gasteiger partial charge in [0.05, 0.1) is 12.2 Å². The lowest BCUT2D eigenvalue weighted by Gasteiger charge is -2.31. The third-order valence-corrected chi connectivity index (χ3v) is 3.05.